The molecule has 328 valence electrons. The first kappa shape index (κ1) is 39.8. The van der Waals surface area contributed by atoms with Crippen molar-refractivity contribution in [3.63, 3.8) is 0 Å². The van der Waals surface area contributed by atoms with Crippen LogP contribution in [0, 0.1) is 0 Å². The Morgan fingerprint density at radius 1 is 0.300 bits per heavy atom. The Labute approximate surface area is 404 Å². The molecule has 0 spiro atoms. The van der Waals surface area contributed by atoms with Gasteiger partial charge in [-0.2, -0.15) is 0 Å². The number of benzene rings is 11. The van der Waals surface area contributed by atoms with Crippen molar-refractivity contribution in [2.75, 3.05) is 4.90 Å². The van der Waals surface area contributed by atoms with Gasteiger partial charge in [0.2, 0.25) is 0 Å². The second-order valence-corrected chi connectivity index (χ2v) is 18.0. The van der Waals surface area contributed by atoms with Gasteiger partial charge in [0.15, 0.2) is 0 Å². The Morgan fingerprint density at radius 2 is 0.786 bits per heavy atom. The van der Waals surface area contributed by atoms with Crippen molar-refractivity contribution in [3.05, 3.63) is 255 Å². The lowest BCUT2D eigenvalue weighted by atomic mass is 9.97. The third-order valence-corrected chi connectivity index (χ3v) is 14.0. The SMILES string of the molecule is c1ccc(-c2ccc(-c3ccc(N(c4ccc(-c5cccc6oc7ccccc7c56)cc4)c4ccc(-c5cccc(-n6c7ccccc7c7ccccc76)c5)c5oc6ccccc6c45)cc3)cc2)cc1. The highest BCUT2D eigenvalue weighted by Crippen LogP contribution is 2.47. The Balaban J connectivity index is 0.928. The maximum absolute atomic E-state index is 6.99. The van der Waals surface area contributed by atoms with E-state index in [0.717, 1.165) is 94.4 Å². The zero-order valence-electron chi connectivity index (χ0n) is 38.0. The van der Waals surface area contributed by atoms with E-state index in [1.165, 1.54) is 38.5 Å². The minimum Gasteiger partial charge on any atom is -0.456 e. The molecule has 3 aromatic heterocycles. The summed E-state index contributed by atoms with van der Waals surface area (Å²) in [5.41, 5.74) is 19.1. The fourth-order valence-corrected chi connectivity index (χ4v) is 10.8. The van der Waals surface area contributed by atoms with E-state index in [1.54, 1.807) is 0 Å². The minimum absolute atomic E-state index is 0.841. The van der Waals surface area contributed by atoms with E-state index in [-0.39, 0.29) is 0 Å². The van der Waals surface area contributed by atoms with Gasteiger partial charge in [0.25, 0.3) is 0 Å². The van der Waals surface area contributed by atoms with Crippen LogP contribution >= 0.6 is 0 Å². The van der Waals surface area contributed by atoms with E-state index < -0.39 is 0 Å². The molecule has 0 N–H and O–H groups in total. The van der Waals surface area contributed by atoms with Crippen LogP contribution < -0.4 is 4.90 Å². The molecule has 4 nitrogen and oxygen atoms in total. The first-order valence-electron chi connectivity index (χ1n) is 23.8. The molecule has 0 aliphatic carbocycles. The second-order valence-electron chi connectivity index (χ2n) is 18.0. The summed E-state index contributed by atoms with van der Waals surface area (Å²) in [6.45, 7) is 0. The van der Waals surface area contributed by atoms with Gasteiger partial charge in [-0.3, -0.25) is 0 Å². The molecule has 0 saturated heterocycles. The number of rotatable bonds is 8. The molecule has 11 aromatic carbocycles. The molecule has 70 heavy (non-hydrogen) atoms. The molecule has 14 aromatic rings. The van der Waals surface area contributed by atoms with Gasteiger partial charge in [0.1, 0.15) is 22.3 Å². The summed E-state index contributed by atoms with van der Waals surface area (Å²) in [7, 11) is 0. The zero-order chi connectivity index (χ0) is 46.1. The summed E-state index contributed by atoms with van der Waals surface area (Å²) in [4.78, 5) is 2.38. The molecule has 4 heteroatoms. The summed E-state index contributed by atoms with van der Waals surface area (Å²) in [5, 5.41) is 6.82. The number of fused-ring (bicyclic) bond motifs is 9. The van der Waals surface area contributed by atoms with Crippen molar-refractivity contribution in [2.24, 2.45) is 0 Å². The lowest BCUT2D eigenvalue weighted by Crippen LogP contribution is -2.10. The van der Waals surface area contributed by atoms with Gasteiger partial charge in [0, 0.05) is 49.6 Å². The lowest BCUT2D eigenvalue weighted by molar-refractivity contribution is 0.669. The Hall–Kier alpha value is -9.38. The normalized spacial score (nSPS) is 11.7. The number of nitrogens with zero attached hydrogens (tertiary/aromatic N) is 2. The molecule has 0 amide bonds. The second kappa shape index (κ2) is 16.2. The Morgan fingerprint density at radius 3 is 1.44 bits per heavy atom. The van der Waals surface area contributed by atoms with Crippen LogP contribution in [0.15, 0.2) is 264 Å². The van der Waals surface area contributed by atoms with E-state index in [2.05, 4.69) is 252 Å². The van der Waals surface area contributed by atoms with Crippen molar-refractivity contribution < 1.29 is 8.83 Å². The standard InChI is InChI=1S/C66H42N2O2/c1-2-14-43(15-3-1)44-28-30-45(31-29-44)46-32-36-49(37-33-46)67(50-38-34-47(35-39-50)52-22-13-27-63-64(52)56-20-6-10-25-61(56)69-63)60-41-40-53(66-65(60)57-21-7-11-26-62(57)70-66)48-16-12-17-51(42-48)68-58-23-8-4-18-54(58)55-19-5-9-24-59(55)68/h1-42H. The average Bonchev–Trinajstić information content (AvgIpc) is 4.12. The Kier molecular flexibility index (Phi) is 9.17. The predicted octanol–water partition coefficient (Wildman–Crippen LogP) is 18.7. The summed E-state index contributed by atoms with van der Waals surface area (Å²) in [6, 6.07) is 91.0. The fourth-order valence-electron chi connectivity index (χ4n) is 10.8. The molecule has 0 aliphatic heterocycles. The van der Waals surface area contributed by atoms with Crippen LogP contribution in [0.5, 0.6) is 0 Å². The molecule has 0 unspecified atom stereocenters. The third-order valence-electron chi connectivity index (χ3n) is 14.0. The summed E-state index contributed by atoms with van der Waals surface area (Å²) < 4.78 is 15.7. The van der Waals surface area contributed by atoms with Crippen LogP contribution in [0.25, 0.3) is 116 Å². The molecule has 0 saturated carbocycles. The number of hydrogen-bond donors (Lipinski definition) is 0. The summed E-state index contributed by atoms with van der Waals surface area (Å²) in [5.74, 6) is 0. The van der Waals surface area contributed by atoms with E-state index >= 15 is 0 Å². The maximum Gasteiger partial charge on any atom is 0.145 e. The van der Waals surface area contributed by atoms with Gasteiger partial charge in [-0.15, -0.1) is 0 Å². The van der Waals surface area contributed by atoms with Crippen molar-refractivity contribution in [1.29, 1.82) is 0 Å². The first-order valence-corrected chi connectivity index (χ1v) is 23.8. The molecular weight excluding hydrogens is 853 g/mol. The van der Waals surface area contributed by atoms with Gasteiger partial charge in [-0.25, -0.2) is 0 Å². The van der Waals surface area contributed by atoms with Gasteiger partial charge in [-0.05, 0) is 118 Å². The van der Waals surface area contributed by atoms with Crippen LogP contribution in [0.2, 0.25) is 0 Å². The minimum atomic E-state index is 0.841. The van der Waals surface area contributed by atoms with Crippen molar-refractivity contribution in [2.45, 2.75) is 0 Å². The molecule has 0 fully saturated rings. The van der Waals surface area contributed by atoms with E-state index in [4.69, 9.17) is 8.83 Å². The van der Waals surface area contributed by atoms with E-state index in [9.17, 15) is 0 Å². The third kappa shape index (κ3) is 6.46. The first-order chi connectivity index (χ1) is 34.7. The van der Waals surface area contributed by atoms with Crippen molar-refractivity contribution in [3.8, 4) is 50.2 Å². The number of hydrogen-bond acceptors (Lipinski definition) is 3. The molecule has 0 bridgehead atoms. The van der Waals surface area contributed by atoms with Crippen LogP contribution in [-0.4, -0.2) is 4.57 Å². The molecule has 0 aliphatic rings. The maximum atomic E-state index is 6.99. The summed E-state index contributed by atoms with van der Waals surface area (Å²) >= 11 is 0. The number of aromatic nitrogens is 1. The van der Waals surface area contributed by atoms with Crippen LogP contribution in [0.3, 0.4) is 0 Å². The Bertz CT molecular complexity index is 4220. The van der Waals surface area contributed by atoms with Gasteiger partial charge in [0.05, 0.1) is 22.1 Å². The predicted molar refractivity (Wildman–Crippen MR) is 292 cm³/mol. The largest absolute Gasteiger partial charge is 0.456 e. The molecule has 3 heterocycles. The highest BCUT2D eigenvalue weighted by molar-refractivity contribution is 6.18. The highest BCUT2D eigenvalue weighted by atomic mass is 16.3. The van der Waals surface area contributed by atoms with Crippen LogP contribution in [0.4, 0.5) is 17.1 Å². The average molecular weight is 895 g/mol. The monoisotopic (exact) mass is 894 g/mol. The highest BCUT2D eigenvalue weighted by Gasteiger charge is 2.23. The summed E-state index contributed by atoms with van der Waals surface area (Å²) in [6.07, 6.45) is 0. The molecule has 0 radical (unpaired) electrons. The van der Waals surface area contributed by atoms with Gasteiger partial charge >= 0.3 is 0 Å². The van der Waals surface area contributed by atoms with E-state index in [0.29, 0.717) is 0 Å². The van der Waals surface area contributed by atoms with Gasteiger partial charge in [-0.1, -0.05) is 176 Å². The number of anilines is 3. The topological polar surface area (TPSA) is 34.5 Å². The smallest absolute Gasteiger partial charge is 0.145 e. The van der Waals surface area contributed by atoms with Crippen molar-refractivity contribution >= 4 is 82.7 Å². The molecular formula is C66H42N2O2. The molecule has 14 rings (SSSR count). The van der Waals surface area contributed by atoms with Crippen LogP contribution in [0.1, 0.15) is 0 Å². The van der Waals surface area contributed by atoms with Crippen LogP contribution in [-0.2, 0) is 0 Å². The van der Waals surface area contributed by atoms with E-state index in [1.807, 2.05) is 12.1 Å². The lowest BCUT2D eigenvalue weighted by Gasteiger charge is -2.27. The fraction of sp³-hybridized carbons (Fsp3) is 0. The number of furan rings is 2. The molecule has 0 atom stereocenters. The number of para-hydroxylation sites is 4. The quantitative estimate of drug-likeness (QED) is 0.152. The van der Waals surface area contributed by atoms with Gasteiger partial charge < -0.3 is 18.3 Å². The van der Waals surface area contributed by atoms with Crippen molar-refractivity contribution in [1.82, 2.24) is 4.57 Å². The zero-order valence-corrected chi connectivity index (χ0v) is 38.0.